The smallest absolute Gasteiger partial charge is 0.250 e. The van der Waals surface area contributed by atoms with Crippen LogP contribution in [-0.2, 0) is 4.79 Å². The Morgan fingerprint density at radius 2 is 1.92 bits per heavy atom. The summed E-state index contributed by atoms with van der Waals surface area (Å²) in [5.74, 6) is -0.640. The largest absolute Gasteiger partial charge is 0.324 e. The first-order chi connectivity index (χ1) is 12.4. The quantitative estimate of drug-likeness (QED) is 0.712. The maximum absolute atomic E-state index is 13.3. The summed E-state index contributed by atoms with van der Waals surface area (Å²) in [6.45, 7) is 3.07. The Morgan fingerprint density at radius 1 is 1.15 bits per heavy atom. The fourth-order valence-electron chi connectivity index (χ4n) is 2.30. The minimum absolute atomic E-state index is 0.0909. The molecule has 0 saturated carbocycles. The van der Waals surface area contributed by atoms with Gasteiger partial charge in [-0.15, -0.1) is 10.2 Å². The van der Waals surface area contributed by atoms with Crippen molar-refractivity contribution in [1.29, 1.82) is 0 Å². The number of rotatable bonds is 5. The summed E-state index contributed by atoms with van der Waals surface area (Å²) in [6.07, 6.45) is 0. The van der Waals surface area contributed by atoms with Gasteiger partial charge in [-0.1, -0.05) is 24.3 Å². The van der Waals surface area contributed by atoms with Gasteiger partial charge in [0.1, 0.15) is 11.9 Å². The number of tetrazole rings is 1. The van der Waals surface area contributed by atoms with Crippen LogP contribution in [0.4, 0.5) is 10.1 Å². The molecular formula is C18H16FN5O2. The van der Waals surface area contributed by atoms with Crippen LogP contribution in [0.25, 0.3) is 11.4 Å². The van der Waals surface area contributed by atoms with Gasteiger partial charge in [0.15, 0.2) is 5.78 Å². The highest BCUT2D eigenvalue weighted by Gasteiger charge is 2.19. The number of hydrogen-bond donors (Lipinski definition) is 1. The summed E-state index contributed by atoms with van der Waals surface area (Å²) in [4.78, 5) is 25.0. The molecule has 3 rings (SSSR count). The highest BCUT2D eigenvalue weighted by atomic mass is 19.1. The molecule has 1 aromatic heterocycles. The van der Waals surface area contributed by atoms with Crippen LogP contribution in [0, 0.1) is 5.82 Å². The van der Waals surface area contributed by atoms with Gasteiger partial charge in [0, 0.05) is 16.8 Å². The Bertz CT molecular complexity index is 969. The first-order valence-electron chi connectivity index (χ1n) is 7.91. The number of amides is 1. The number of anilines is 1. The zero-order valence-corrected chi connectivity index (χ0v) is 14.2. The molecule has 0 bridgehead atoms. The summed E-state index contributed by atoms with van der Waals surface area (Å²) in [5.41, 5.74) is 1.47. The predicted molar refractivity (Wildman–Crippen MR) is 93.0 cm³/mol. The number of halogens is 1. The van der Waals surface area contributed by atoms with Crippen LogP contribution >= 0.6 is 0 Å². The van der Waals surface area contributed by atoms with Gasteiger partial charge in [0.25, 0.3) is 5.91 Å². The zero-order valence-electron chi connectivity index (χ0n) is 14.2. The van der Waals surface area contributed by atoms with E-state index >= 15 is 0 Å². The van der Waals surface area contributed by atoms with E-state index in [1.807, 2.05) is 0 Å². The number of Topliss-reactive ketones (excluding diaryl/α,β-unsaturated/α-hetero) is 1. The highest BCUT2D eigenvalue weighted by Crippen LogP contribution is 2.17. The minimum Gasteiger partial charge on any atom is -0.324 e. The second-order valence-electron chi connectivity index (χ2n) is 5.75. The second-order valence-corrected chi connectivity index (χ2v) is 5.75. The molecule has 0 fully saturated rings. The minimum atomic E-state index is -0.745. The molecule has 7 nitrogen and oxygen atoms in total. The van der Waals surface area contributed by atoms with E-state index in [4.69, 9.17) is 0 Å². The first-order valence-corrected chi connectivity index (χ1v) is 7.91. The van der Waals surface area contributed by atoms with Crippen molar-refractivity contribution in [3.05, 3.63) is 59.9 Å². The van der Waals surface area contributed by atoms with Gasteiger partial charge in [0.05, 0.1) is 0 Å². The van der Waals surface area contributed by atoms with E-state index in [0.717, 1.165) is 4.80 Å². The number of nitrogens with one attached hydrogen (secondary N) is 1. The van der Waals surface area contributed by atoms with Crippen LogP contribution in [0.15, 0.2) is 48.5 Å². The maximum atomic E-state index is 13.3. The topological polar surface area (TPSA) is 89.8 Å². The summed E-state index contributed by atoms with van der Waals surface area (Å²) in [6, 6.07) is 11.7. The molecule has 132 valence electrons. The third kappa shape index (κ3) is 3.80. The summed E-state index contributed by atoms with van der Waals surface area (Å²) in [5, 5.41) is 14.6. The molecule has 1 atom stereocenters. The fourth-order valence-corrected chi connectivity index (χ4v) is 2.30. The number of hydrogen-bond acceptors (Lipinski definition) is 5. The molecule has 3 aromatic rings. The van der Waals surface area contributed by atoms with E-state index in [1.165, 1.54) is 19.1 Å². The molecule has 1 heterocycles. The van der Waals surface area contributed by atoms with E-state index in [-0.39, 0.29) is 17.5 Å². The molecule has 2 aromatic carbocycles. The molecule has 26 heavy (non-hydrogen) atoms. The molecule has 0 aliphatic carbocycles. The SMILES string of the molecule is CC(=O)c1cccc(NC(=O)C(C)n2nnc(-c3cccc(F)c3)n2)c1. The van der Waals surface area contributed by atoms with E-state index < -0.39 is 11.9 Å². The number of carbonyl (C=O) groups excluding carboxylic acids is 2. The van der Waals surface area contributed by atoms with Crippen LogP contribution in [-0.4, -0.2) is 31.9 Å². The van der Waals surface area contributed by atoms with Gasteiger partial charge in [-0.25, -0.2) is 4.39 Å². The molecule has 0 aliphatic heterocycles. The zero-order chi connectivity index (χ0) is 18.7. The van der Waals surface area contributed by atoms with Gasteiger partial charge in [-0.05, 0) is 43.3 Å². The molecule has 0 radical (unpaired) electrons. The third-order valence-corrected chi connectivity index (χ3v) is 3.77. The molecule has 0 spiro atoms. The van der Waals surface area contributed by atoms with Gasteiger partial charge in [-0.2, -0.15) is 4.80 Å². The molecule has 1 amide bonds. The van der Waals surface area contributed by atoms with Crippen molar-refractivity contribution in [2.75, 3.05) is 5.32 Å². The fraction of sp³-hybridized carbons (Fsp3) is 0.167. The van der Waals surface area contributed by atoms with E-state index in [9.17, 15) is 14.0 Å². The van der Waals surface area contributed by atoms with Crippen LogP contribution in [0.5, 0.6) is 0 Å². The Morgan fingerprint density at radius 3 is 2.65 bits per heavy atom. The number of aromatic nitrogens is 4. The molecule has 8 heteroatoms. The third-order valence-electron chi connectivity index (χ3n) is 3.77. The van der Waals surface area contributed by atoms with Crippen molar-refractivity contribution in [2.45, 2.75) is 19.9 Å². The summed E-state index contributed by atoms with van der Waals surface area (Å²) < 4.78 is 13.3. The van der Waals surface area contributed by atoms with Crippen molar-refractivity contribution in [3.63, 3.8) is 0 Å². The van der Waals surface area contributed by atoms with Crippen LogP contribution < -0.4 is 5.32 Å². The van der Waals surface area contributed by atoms with Crippen molar-refractivity contribution in [2.24, 2.45) is 0 Å². The van der Waals surface area contributed by atoms with Gasteiger partial charge in [-0.3, -0.25) is 9.59 Å². The monoisotopic (exact) mass is 353 g/mol. The lowest BCUT2D eigenvalue weighted by Gasteiger charge is -2.11. The van der Waals surface area contributed by atoms with Crippen LogP contribution in [0.3, 0.4) is 0 Å². The Kier molecular flexibility index (Phi) is 4.83. The second kappa shape index (κ2) is 7.22. The lowest BCUT2D eigenvalue weighted by molar-refractivity contribution is -0.119. The molecule has 1 N–H and O–H groups in total. The Balaban J connectivity index is 1.75. The molecule has 0 aliphatic rings. The van der Waals surface area contributed by atoms with Crippen molar-refractivity contribution < 1.29 is 14.0 Å². The first kappa shape index (κ1) is 17.4. The molecule has 0 saturated heterocycles. The summed E-state index contributed by atoms with van der Waals surface area (Å²) >= 11 is 0. The number of ketones is 1. The average Bonchev–Trinajstić information content (AvgIpc) is 3.11. The molecule has 1 unspecified atom stereocenters. The highest BCUT2D eigenvalue weighted by molar-refractivity contribution is 5.97. The van der Waals surface area contributed by atoms with E-state index in [1.54, 1.807) is 43.3 Å². The van der Waals surface area contributed by atoms with E-state index in [0.29, 0.717) is 16.8 Å². The number of nitrogens with zero attached hydrogens (tertiary/aromatic N) is 4. The van der Waals surface area contributed by atoms with Gasteiger partial charge < -0.3 is 5.32 Å². The normalized spacial score (nSPS) is 11.8. The Hall–Kier alpha value is -3.42. The standard InChI is InChI=1S/C18H16FN5O2/c1-11(18(26)20-16-8-4-5-13(10-16)12(2)25)24-22-17(21-23-24)14-6-3-7-15(19)9-14/h3-11H,1-2H3,(H,20,26). The summed E-state index contributed by atoms with van der Waals surface area (Å²) in [7, 11) is 0. The van der Waals surface area contributed by atoms with Crippen molar-refractivity contribution in [1.82, 2.24) is 20.2 Å². The lowest BCUT2D eigenvalue weighted by Crippen LogP contribution is -2.25. The van der Waals surface area contributed by atoms with Crippen LogP contribution in [0.1, 0.15) is 30.2 Å². The van der Waals surface area contributed by atoms with E-state index in [2.05, 4.69) is 20.7 Å². The number of carbonyl (C=O) groups is 2. The van der Waals surface area contributed by atoms with Crippen LogP contribution in [0.2, 0.25) is 0 Å². The maximum Gasteiger partial charge on any atom is 0.250 e. The van der Waals surface area contributed by atoms with Crippen molar-refractivity contribution in [3.8, 4) is 11.4 Å². The average molecular weight is 353 g/mol. The lowest BCUT2D eigenvalue weighted by atomic mass is 10.1. The van der Waals surface area contributed by atoms with Gasteiger partial charge >= 0.3 is 0 Å². The van der Waals surface area contributed by atoms with Gasteiger partial charge in [0.2, 0.25) is 5.82 Å². The van der Waals surface area contributed by atoms with Crippen molar-refractivity contribution >= 4 is 17.4 Å². The molecular weight excluding hydrogens is 337 g/mol. The predicted octanol–water partition coefficient (Wildman–Crippen LogP) is 2.88. The number of benzene rings is 2. The Labute approximate surface area is 148 Å².